The smallest absolute Gasteiger partial charge is 0.307 e. The van der Waals surface area contributed by atoms with Crippen molar-refractivity contribution in [1.82, 2.24) is 10.9 Å². The molecule has 0 aliphatic heterocycles. The third kappa shape index (κ3) is 5.76. The van der Waals surface area contributed by atoms with Gasteiger partial charge in [0.2, 0.25) is 0 Å². The molecule has 0 saturated carbocycles. The van der Waals surface area contributed by atoms with E-state index in [9.17, 15) is 9.59 Å². The predicted octanol–water partition coefficient (Wildman–Crippen LogP) is 4.20. The fourth-order valence-corrected chi connectivity index (χ4v) is 2.68. The monoisotopic (exact) mass is 416 g/mol. The third-order valence-corrected chi connectivity index (χ3v) is 4.64. The predicted molar refractivity (Wildman–Crippen MR) is 120 cm³/mol. The summed E-state index contributed by atoms with van der Waals surface area (Å²) in [6.45, 7) is 7.58. The van der Waals surface area contributed by atoms with Crippen LogP contribution in [0.15, 0.2) is 75.3 Å². The van der Waals surface area contributed by atoms with Gasteiger partial charge in [-0.15, -0.1) is 0 Å². The van der Waals surface area contributed by atoms with Crippen molar-refractivity contribution in [3.8, 4) is 0 Å². The summed E-state index contributed by atoms with van der Waals surface area (Å²) in [7, 11) is 0. The van der Waals surface area contributed by atoms with E-state index in [1.54, 1.807) is 13.8 Å². The standard InChI is InChI=1S/C24H24N4O3/c1-15-5-9-19(10-6-15)17(3)25-27-23(29)21-13-14-22(31-21)24(30)28-26-18(4)20-11-7-16(2)8-12-20/h5-14H,1-4H3,(H,27,29)(H,28,30)/b25-17+,26-18+. The maximum absolute atomic E-state index is 12.3. The quantitative estimate of drug-likeness (QED) is 0.465. The molecule has 0 radical (unpaired) electrons. The molecule has 0 aliphatic carbocycles. The molecule has 0 spiro atoms. The molecule has 0 aliphatic rings. The molecule has 7 nitrogen and oxygen atoms in total. The second-order valence-corrected chi connectivity index (χ2v) is 7.17. The molecule has 2 aromatic carbocycles. The highest BCUT2D eigenvalue weighted by Crippen LogP contribution is 2.09. The van der Waals surface area contributed by atoms with Gasteiger partial charge in [0.05, 0.1) is 11.4 Å². The van der Waals surface area contributed by atoms with Crippen LogP contribution in [0.1, 0.15) is 57.2 Å². The van der Waals surface area contributed by atoms with E-state index in [2.05, 4.69) is 21.1 Å². The lowest BCUT2D eigenvalue weighted by molar-refractivity contribution is 0.0902. The number of hydrogen-bond donors (Lipinski definition) is 2. The van der Waals surface area contributed by atoms with Crippen LogP contribution >= 0.6 is 0 Å². The Kier molecular flexibility index (Phi) is 6.77. The van der Waals surface area contributed by atoms with Crippen LogP contribution in [0, 0.1) is 13.8 Å². The molecule has 0 bridgehead atoms. The Labute approximate surface area is 180 Å². The van der Waals surface area contributed by atoms with Gasteiger partial charge in [0.1, 0.15) is 0 Å². The van der Waals surface area contributed by atoms with Gasteiger partial charge in [0.15, 0.2) is 11.5 Å². The highest BCUT2D eigenvalue weighted by Gasteiger charge is 2.15. The fraction of sp³-hybridized carbons (Fsp3) is 0.167. The number of hydrogen-bond acceptors (Lipinski definition) is 5. The average molecular weight is 416 g/mol. The minimum Gasteiger partial charge on any atom is -0.446 e. The minimum absolute atomic E-state index is 0.0233. The van der Waals surface area contributed by atoms with Crippen molar-refractivity contribution in [3.63, 3.8) is 0 Å². The summed E-state index contributed by atoms with van der Waals surface area (Å²) in [6.07, 6.45) is 0. The second-order valence-electron chi connectivity index (χ2n) is 7.17. The van der Waals surface area contributed by atoms with Gasteiger partial charge in [0, 0.05) is 0 Å². The van der Waals surface area contributed by atoms with E-state index >= 15 is 0 Å². The van der Waals surface area contributed by atoms with Crippen molar-refractivity contribution in [2.75, 3.05) is 0 Å². The fourth-order valence-electron chi connectivity index (χ4n) is 2.68. The molecule has 3 rings (SSSR count). The third-order valence-electron chi connectivity index (χ3n) is 4.64. The highest BCUT2D eigenvalue weighted by atomic mass is 16.4. The number of carbonyl (C=O) groups is 2. The normalized spacial score (nSPS) is 11.9. The van der Waals surface area contributed by atoms with Gasteiger partial charge < -0.3 is 4.42 Å². The van der Waals surface area contributed by atoms with Crippen LogP contribution in [0.3, 0.4) is 0 Å². The number of amides is 2. The van der Waals surface area contributed by atoms with Gasteiger partial charge >= 0.3 is 11.8 Å². The van der Waals surface area contributed by atoms with E-state index in [1.807, 2.05) is 62.4 Å². The summed E-state index contributed by atoms with van der Waals surface area (Å²) in [5.41, 5.74) is 10.2. The van der Waals surface area contributed by atoms with E-state index in [4.69, 9.17) is 4.42 Å². The lowest BCUT2D eigenvalue weighted by Crippen LogP contribution is -2.20. The highest BCUT2D eigenvalue weighted by molar-refractivity contribution is 6.01. The Hall–Kier alpha value is -4.00. The van der Waals surface area contributed by atoms with Gasteiger partial charge in [-0.2, -0.15) is 10.2 Å². The summed E-state index contributed by atoms with van der Waals surface area (Å²) < 4.78 is 5.35. The minimum atomic E-state index is -0.551. The van der Waals surface area contributed by atoms with E-state index in [0.29, 0.717) is 11.4 Å². The largest absolute Gasteiger partial charge is 0.446 e. The summed E-state index contributed by atoms with van der Waals surface area (Å²) in [4.78, 5) is 24.6. The Morgan fingerprint density at radius 1 is 0.645 bits per heavy atom. The summed E-state index contributed by atoms with van der Waals surface area (Å²) in [5, 5.41) is 8.18. The first kappa shape index (κ1) is 21.7. The second kappa shape index (κ2) is 9.67. The van der Waals surface area contributed by atoms with Crippen molar-refractivity contribution in [2.45, 2.75) is 27.7 Å². The number of aryl methyl sites for hydroxylation is 2. The van der Waals surface area contributed by atoms with Crippen molar-refractivity contribution < 1.29 is 14.0 Å². The van der Waals surface area contributed by atoms with Gasteiger partial charge in [-0.3, -0.25) is 9.59 Å². The number of benzene rings is 2. The van der Waals surface area contributed by atoms with Crippen LogP contribution < -0.4 is 10.9 Å². The Morgan fingerprint density at radius 3 is 1.35 bits per heavy atom. The van der Waals surface area contributed by atoms with Crippen LogP contribution in [0.2, 0.25) is 0 Å². The summed E-state index contributed by atoms with van der Waals surface area (Å²) in [6, 6.07) is 18.4. The SMILES string of the molecule is C/C(=N\NC(=O)c1ccc(C(=O)N/N=C(\C)c2ccc(C)cc2)o1)c1ccc(C)cc1. The zero-order valence-corrected chi connectivity index (χ0v) is 17.9. The molecule has 0 saturated heterocycles. The zero-order chi connectivity index (χ0) is 22.4. The Balaban J connectivity index is 1.60. The number of nitrogens with zero attached hydrogens (tertiary/aromatic N) is 2. The average Bonchev–Trinajstić information content (AvgIpc) is 3.27. The Bertz CT molecular complexity index is 1050. The molecule has 1 aromatic heterocycles. The molecular formula is C24H24N4O3. The van der Waals surface area contributed by atoms with Crippen LogP contribution in [0.4, 0.5) is 0 Å². The molecule has 1 heterocycles. The molecule has 3 aromatic rings. The van der Waals surface area contributed by atoms with Gasteiger partial charge in [0.25, 0.3) is 0 Å². The lowest BCUT2D eigenvalue weighted by Gasteiger charge is -2.03. The first-order valence-corrected chi connectivity index (χ1v) is 9.76. The molecule has 7 heteroatoms. The summed E-state index contributed by atoms with van der Waals surface area (Å²) >= 11 is 0. The summed E-state index contributed by atoms with van der Waals surface area (Å²) in [5.74, 6) is -1.15. The van der Waals surface area contributed by atoms with Gasteiger partial charge in [-0.05, 0) is 51.0 Å². The molecule has 2 amide bonds. The molecule has 0 atom stereocenters. The first-order valence-electron chi connectivity index (χ1n) is 9.76. The van der Waals surface area contributed by atoms with Crippen LogP contribution in [-0.4, -0.2) is 23.2 Å². The van der Waals surface area contributed by atoms with Crippen LogP contribution in [0.5, 0.6) is 0 Å². The van der Waals surface area contributed by atoms with E-state index in [1.165, 1.54) is 12.1 Å². The topological polar surface area (TPSA) is 96.1 Å². The molecule has 2 N–H and O–H groups in total. The number of hydrazone groups is 2. The molecule has 158 valence electrons. The van der Waals surface area contributed by atoms with Crippen LogP contribution in [-0.2, 0) is 0 Å². The number of carbonyl (C=O) groups excluding carboxylic acids is 2. The number of rotatable bonds is 6. The van der Waals surface area contributed by atoms with Crippen LogP contribution in [0.25, 0.3) is 0 Å². The van der Waals surface area contributed by atoms with Crippen molar-refractivity contribution in [1.29, 1.82) is 0 Å². The van der Waals surface area contributed by atoms with Gasteiger partial charge in [-0.1, -0.05) is 59.7 Å². The molecule has 31 heavy (non-hydrogen) atoms. The van der Waals surface area contributed by atoms with E-state index < -0.39 is 11.8 Å². The van der Waals surface area contributed by atoms with Crippen molar-refractivity contribution in [2.24, 2.45) is 10.2 Å². The van der Waals surface area contributed by atoms with Gasteiger partial charge in [-0.25, -0.2) is 10.9 Å². The lowest BCUT2D eigenvalue weighted by atomic mass is 10.1. The molecule has 0 fully saturated rings. The van der Waals surface area contributed by atoms with Crippen molar-refractivity contribution >= 4 is 23.2 Å². The number of nitrogens with one attached hydrogen (secondary N) is 2. The Morgan fingerprint density at radius 2 is 1.00 bits per heavy atom. The molecular weight excluding hydrogens is 392 g/mol. The first-order chi connectivity index (χ1) is 14.8. The maximum Gasteiger partial charge on any atom is 0.307 e. The zero-order valence-electron chi connectivity index (χ0n) is 17.9. The molecule has 0 unspecified atom stereocenters. The van der Waals surface area contributed by atoms with E-state index in [0.717, 1.165) is 22.3 Å². The van der Waals surface area contributed by atoms with Crippen molar-refractivity contribution in [3.05, 3.63) is 94.4 Å². The number of furan rings is 1. The van der Waals surface area contributed by atoms with E-state index in [-0.39, 0.29) is 11.5 Å². The maximum atomic E-state index is 12.3.